The lowest BCUT2D eigenvalue weighted by Crippen LogP contribution is -2.72. The summed E-state index contributed by atoms with van der Waals surface area (Å²) in [6, 6.07) is 15.8. The van der Waals surface area contributed by atoms with Crippen LogP contribution < -0.4 is 19.6 Å². The van der Waals surface area contributed by atoms with E-state index in [-0.39, 0.29) is 11.3 Å². The van der Waals surface area contributed by atoms with Crippen molar-refractivity contribution in [2.75, 3.05) is 13.2 Å². The van der Waals surface area contributed by atoms with E-state index < -0.39 is 5.97 Å². The topological polar surface area (TPSA) is 114 Å². The molecule has 4 rings (SSSR count). The molecule has 3 aromatic carbocycles. The number of aryl methyl sites for hydroxylation is 1. The Balaban J connectivity index is 1.39. The molecule has 1 aliphatic rings. The molecule has 0 aromatic heterocycles. The van der Waals surface area contributed by atoms with Gasteiger partial charge in [0.1, 0.15) is 34.3 Å². The van der Waals surface area contributed by atoms with Crippen LogP contribution in [-0.2, 0) is 12.8 Å². The molecular weight excluding hydrogens is 484 g/mol. The number of phenols is 1. The van der Waals surface area contributed by atoms with Crippen molar-refractivity contribution < 1.29 is 34.6 Å². The van der Waals surface area contributed by atoms with Crippen molar-refractivity contribution in [1.82, 2.24) is 0 Å². The van der Waals surface area contributed by atoms with E-state index in [1.165, 1.54) is 6.07 Å². The highest BCUT2D eigenvalue weighted by atomic mass is 16.5. The Morgan fingerprint density at radius 1 is 0.947 bits per heavy atom. The Kier molecular flexibility index (Phi) is 9.00. The van der Waals surface area contributed by atoms with Gasteiger partial charge in [-0.15, -0.1) is 0 Å². The zero-order chi connectivity index (χ0) is 26.9. The monoisotopic (exact) mass is 517 g/mol. The lowest BCUT2D eigenvalue weighted by Gasteiger charge is -2.17. The van der Waals surface area contributed by atoms with Gasteiger partial charge in [-0.25, -0.2) is 4.79 Å². The van der Waals surface area contributed by atoms with Crippen LogP contribution in [-0.4, -0.2) is 35.6 Å². The number of para-hydroxylation sites is 1. The summed E-state index contributed by atoms with van der Waals surface area (Å²) in [4.78, 5) is 11.6. The van der Waals surface area contributed by atoms with Crippen LogP contribution in [0.2, 0.25) is 0 Å². The van der Waals surface area contributed by atoms with Crippen molar-refractivity contribution in [3.05, 3.63) is 82.9 Å². The second kappa shape index (κ2) is 12.8. The third kappa shape index (κ3) is 6.33. The minimum absolute atomic E-state index is 0.107. The highest BCUT2D eigenvalue weighted by Gasteiger charge is 2.18. The molecule has 1 aliphatic heterocycles. The Bertz CT molecular complexity index is 1350. The quantitative estimate of drug-likeness (QED) is 0.213. The molecule has 198 valence electrons. The van der Waals surface area contributed by atoms with Crippen molar-refractivity contribution in [3.63, 3.8) is 0 Å². The lowest BCUT2D eigenvalue weighted by molar-refractivity contribution is -0.565. The maximum Gasteiger partial charge on any atom is 0.339 e. The molecule has 0 fully saturated rings. The molecule has 0 spiro atoms. The number of aromatic hydroxyl groups is 1. The number of ether oxygens (including phenoxy) is 3. The van der Waals surface area contributed by atoms with E-state index >= 15 is 0 Å². The number of nitrogens with two attached hydrogens (primary N) is 1. The predicted molar refractivity (Wildman–Crippen MR) is 145 cm³/mol. The third-order valence-electron chi connectivity index (χ3n) is 6.16. The van der Waals surface area contributed by atoms with E-state index in [1.54, 1.807) is 35.9 Å². The molecule has 0 saturated heterocycles. The molecule has 0 amide bonds. The first-order valence-electron chi connectivity index (χ1n) is 12.8. The number of rotatable bonds is 13. The molecule has 38 heavy (non-hydrogen) atoms. The van der Waals surface area contributed by atoms with Gasteiger partial charge >= 0.3 is 5.97 Å². The van der Waals surface area contributed by atoms with Crippen LogP contribution in [0, 0.1) is 0 Å². The average molecular weight is 518 g/mol. The number of allylic oxidation sites excluding steroid dienone is 1. The fourth-order valence-corrected chi connectivity index (χ4v) is 4.25. The number of hydrogen-bond acceptors (Lipinski definition) is 6. The van der Waals surface area contributed by atoms with Crippen LogP contribution in [0.5, 0.6) is 28.7 Å². The van der Waals surface area contributed by atoms with Crippen LogP contribution in [0.3, 0.4) is 0 Å². The highest BCUT2D eigenvalue weighted by molar-refractivity contribution is 5.91. The number of carboxylic acids is 1. The van der Waals surface area contributed by atoms with Gasteiger partial charge in [-0.05, 0) is 48.7 Å². The molecule has 0 bridgehead atoms. The first-order valence-corrected chi connectivity index (χ1v) is 12.8. The molecule has 0 radical (unpaired) electrons. The predicted octanol–water partition coefficient (Wildman–Crippen LogP) is 5.15. The van der Waals surface area contributed by atoms with E-state index in [4.69, 9.17) is 14.2 Å². The summed E-state index contributed by atoms with van der Waals surface area (Å²) in [5.41, 5.74) is 5.35. The first-order chi connectivity index (χ1) is 18.5. The fourth-order valence-electron chi connectivity index (χ4n) is 4.25. The van der Waals surface area contributed by atoms with E-state index in [1.807, 2.05) is 30.3 Å². The fraction of sp³-hybridized carbons (Fsp3) is 0.267. The number of carboxylic acid groups (broad SMARTS) is 1. The van der Waals surface area contributed by atoms with Crippen molar-refractivity contribution in [3.8, 4) is 28.7 Å². The Morgan fingerprint density at radius 2 is 1.68 bits per heavy atom. The molecule has 8 heteroatoms. The average Bonchev–Trinajstić information content (AvgIpc) is 3.45. The standard InChI is InChI=1S/C30H32N2O6/c1-3-9-21-26(12-7-13-27(21)38-28-11-6-5-10-22(28)30(34)35)36-16-8-17-37-29-19-25(33)23(18-20(29)4-2)24-14-15-31-32-24/h5-7,10-15,18-19,33H,3-4,8-9,16-17H2,1-2H3,(H,31,32)(H,34,35)/p+1. The number of phenolic OH excluding ortho intramolecular Hbond substituents is 1. The van der Waals surface area contributed by atoms with Gasteiger partial charge in [-0.2, -0.15) is 5.43 Å². The summed E-state index contributed by atoms with van der Waals surface area (Å²) < 4.78 is 18.1. The normalized spacial score (nSPS) is 12.3. The van der Waals surface area contributed by atoms with Crippen molar-refractivity contribution in [2.45, 2.75) is 39.5 Å². The number of nitrogens with zero attached hydrogens (tertiary/aromatic N) is 1. The zero-order valence-corrected chi connectivity index (χ0v) is 21.6. The van der Waals surface area contributed by atoms with Gasteiger partial charge in [0.05, 0.1) is 25.0 Å². The van der Waals surface area contributed by atoms with Gasteiger partial charge in [0, 0.05) is 24.1 Å². The molecule has 4 N–H and O–H groups in total. The van der Waals surface area contributed by atoms with Crippen molar-refractivity contribution >= 4 is 17.9 Å². The van der Waals surface area contributed by atoms with Crippen LogP contribution in [0.1, 0.15) is 53.7 Å². The summed E-state index contributed by atoms with van der Waals surface area (Å²) in [7, 11) is 0. The molecule has 0 saturated carbocycles. The Labute approximate surface area is 222 Å². The van der Waals surface area contributed by atoms with Crippen LogP contribution in [0.25, 0.3) is 5.70 Å². The largest absolute Gasteiger partial charge is 0.507 e. The molecular formula is C30H33N2O6+. The maximum atomic E-state index is 11.6. The Hall–Kier alpha value is -4.30. The van der Waals surface area contributed by atoms with Gasteiger partial charge in [-0.1, -0.05) is 43.6 Å². The number of quaternary nitrogens is 1. The van der Waals surface area contributed by atoms with Crippen LogP contribution in [0.4, 0.5) is 0 Å². The van der Waals surface area contributed by atoms with Crippen molar-refractivity contribution in [2.24, 2.45) is 5.10 Å². The van der Waals surface area contributed by atoms with Crippen LogP contribution >= 0.6 is 0 Å². The van der Waals surface area contributed by atoms with Gasteiger partial charge in [0.2, 0.25) is 0 Å². The van der Waals surface area contributed by atoms with Gasteiger partial charge in [-0.3, -0.25) is 0 Å². The molecule has 8 nitrogen and oxygen atoms in total. The Morgan fingerprint density at radius 3 is 2.39 bits per heavy atom. The summed E-state index contributed by atoms with van der Waals surface area (Å²) in [6.07, 6.45) is 6.57. The summed E-state index contributed by atoms with van der Waals surface area (Å²) in [5.74, 6) is 1.36. The molecule has 0 aliphatic carbocycles. The van der Waals surface area contributed by atoms with Gasteiger partial charge in [0.25, 0.3) is 0 Å². The molecule has 0 unspecified atom stereocenters. The lowest BCUT2D eigenvalue weighted by atomic mass is 10.0. The number of benzene rings is 3. The summed E-state index contributed by atoms with van der Waals surface area (Å²) in [5, 5.41) is 24.1. The number of hydrogen-bond donors (Lipinski definition) is 3. The second-order valence-electron chi connectivity index (χ2n) is 8.82. The van der Waals surface area contributed by atoms with Crippen molar-refractivity contribution in [1.29, 1.82) is 0 Å². The number of aromatic carboxylic acids is 1. The van der Waals surface area contributed by atoms with E-state index in [0.29, 0.717) is 42.6 Å². The third-order valence-corrected chi connectivity index (χ3v) is 6.16. The molecule has 3 aromatic rings. The molecule has 0 atom stereocenters. The van der Waals surface area contributed by atoms with E-state index in [2.05, 4.69) is 18.9 Å². The smallest absolute Gasteiger partial charge is 0.339 e. The first kappa shape index (κ1) is 26.8. The SMILES string of the molecule is CCCc1c(OCCCOc2cc(O)c(C3=CC=N[NH2+]3)cc2CC)cccc1Oc1ccccc1C(=O)O. The number of carbonyl (C=O) groups is 1. The van der Waals surface area contributed by atoms with Gasteiger partial charge < -0.3 is 24.4 Å². The highest BCUT2D eigenvalue weighted by Crippen LogP contribution is 2.35. The minimum atomic E-state index is -1.04. The van der Waals surface area contributed by atoms with Gasteiger partial charge in [0.15, 0.2) is 5.70 Å². The zero-order valence-electron chi connectivity index (χ0n) is 21.6. The second-order valence-corrected chi connectivity index (χ2v) is 8.82. The van der Waals surface area contributed by atoms with Crippen LogP contribution in [0.15, 0.2) is 65.8 Å². The molecule has 1 heterocycles. The summed E-state index contributed by atoms with van der Waals surface area (Å²) >= 11 is 0. The maximum absolute atomic E-state index is 11.6. The minimum Gasteiger partial charge on any atom is -0.507 e. The van der Waals surface area contributed by atoms with E-state index in [9.17, 15) is 15.0 Å². The van der Waals surface area contributed by atoms with E-state index in [0.717, 1.165) is 41.6 Å². The summed E-state index contributed by atoms with van der Waals surface area (Å²) in [6.45, 7) is 4.97.